The lowest BCUT2D eigenvalue weighted by atomic mass is 10.0. The van der Waals surface area contributed by atoms with Crippen molar-refractivity contribution in [2.24, 2.45) is 0 Å². The summed E-state index contributed by atoms with van der Waals surface area (Å²) in [6, 6.07) is 26.2. The topological polar surface area (TPSA) is 97.1 Å². The first-order chi connectivity index (χ1) is 15.6. The highest BCUT2D eigenvalue weighted by Gasteiger charge is 2.14. The van der Waals surface area contributed by atoms with E-state index in [0.29, 0.717) is 30.1 Å². The molecule has 0 bridgehead atoms. The van der Waals surface area contributed by atoms with E-state index in [2.05, 4.69) is 10.1 Å². The lowest BCUT2D eigenvalue weighted by Crippen LogP contribution is -2.29. The molecule has 7 nitrogen and oxygen atoms in total. The minimum atomic E-state index is -1.29. The van der Waals surface area contributed by atoms with E-state index in [1.165, 1.54) is 4.68 Å². The number of hydrogen-bond donors (Lipinski definition) is 0. The molecule has 0 atom stereocenters. The molecule has 32 heavy (non-hydrogen) atoms. The summed E-state index contributed by atoms with van der Waals surface area (Å²) in [6.45, 7) is -0.208. The monoisotopic (exact) mass is 426 g/mol. The molecule has 0 aliphatic carbocycles. The molecule has 0 amide bonds. The molecule has 0 aliphatic rings. The standard InChI is InChI=1S/C25H21N3O4/c29-22(30)17-32-21-13-7-8-18(16-21)14-15-28-25(31)26-23(19-9-3-1-4-10-19)24(27-28)20-11-5-2-6-12-20/h1-13,16H,14-15,17H2,(H,29,30)/p-1. The highest BCUT2D eigenvalue weighted by molar-refractivity contribution is 5.77. The number of aromatic nitrogens is 3. The van der Waals surface area contributed by atoms with E-state index in [4.69, 9.17) is 4.74 Å². The Balaban J connectivity index is 1.63. The number of hydrogen-bond acceptors (Lipinski definition) is 6. The molecule has 0 saturated heterocycles. The average molecular weight is 426 g/mol. The first-order valence-corrected chi connectivity index (χ1v) is 10.1. The maximum Gasteiger partial charge on any atom is 0.364 e. The van der Waals surface area contributed by atoms with Crippen LogP contribution < -0.4 is 15.5 Å². The quantitative estimate of drug-likeness (QED) is 0.429. The number of carboxylic acid groups (broad SMARTS) is 1. The van der Waals surface area contributed by atoms with Gasteiger partial charge in [0.25, 0.3) is 0 Å². The Labute approximate surface area is 184 Å². The number of carbonyl (C=O) groups is 1. The van der Waals surface area contributed by atoms with Gasteiger partial charge >= 0.3 is 5.69 Å². The first kappa shape index (κ1) is 21.0. The second-order valence-corrected chi connectivity index (χ2v) is 7.10. The van der Waals surface area contributed by atoms with Gasteiger partial charge < -0.3 is 14.6 Å². The van der Waals surface area contributed by atoms with E-state index in [0.717, 1.165) is 16.7 Å². The van der Waals surface area contributed by atoms with Crippen molar-refractivity contribution in [3.63, 3.8) is 0 Å². The maximum atomic E-state index is 12.8. The van der Waals surface area contributed by atoms with Crippen molar-refractivity contribution in [3.05, 3.63) is 101 Å². The number of carbonyl (C=O) groups excluding carboxylic acids is 1. The molecule has 0 unspecified atom stereocenters. The van der Waals surface area contributed by atoms with Gasteiger partial charge in [-0.05, 0) is 24.1 Å². The Hall–Kier alpha value is -4.26. The van der Waals surface area contributed by atoms with E-state index in [-0.39, 0.29) is 0 Å². The molecule has 160 valence electrons. The minimum Gasteiger partial charge on any atom is -0.546 e. The summed E-state index contributed by atoms with van der Waals surface area (Å²) in [7, 11) is 0. The third-order valence-corrected chi connectivity index (χ3v) is 4.84. The molecule has 0 N–H and O–H groups in total. The smallest absolute Gasteiger partial charge is 0.364 e. The number of benzene rings is 3. The number of aliphatic carboxylic acids is 1. The van der Waals surface area contributed by atoms with Crippen LogP contribution >= 0.6 is 0 Å². The summed E-state index contributed by atoms with van der Waals surface area (Å²) in [4.78, 5) is 27.7. The first-order valence-electron chi connectivity index (χ1n) is 10.1. The third kappa shape index (κ3) is 5.07. The summed E-state index contributed by atoms with van der Waals surface area (Å²) >= 11 is 0. The zero-order valence-electron chi connectivity index (χ0n) is 17.2. The van der Waals surface area contributed by atoms with Gasteiger partial charge in [-0.2, -0.15) is 10.1 Å². The van der Waals surface area contributed by atoms with Gasteiger partial charge in [0, 0.05) is 11.1 Å². The lowest BCUT2D eigenvalue weighted by Gasteiger charge is -2.12. The number of carboxylic acids is 1. The largest absolute Gasteiger partial charge is 0.546 e. The number of aryl methyl sites for hydroxylation is 2. The molecule has 0 fully saturated rings. The van der Waals surface area contributed by atoms with Crippen LogP contribution in [0.2, 0.25) is 0 Å². The molecule has 0 spiro atoms. The second-order valence-electron chi connectivity index (χ2n) is 7.10. The molecule has 7 heteroatoms. The van der Waals surface area contributed by atoms with E-state index >= 15 is 0 Å². The fourth-order valence-corrected chi connectivity index (χ4v) is 3.32. The van der Waals surface area contributed by atoms with Crippen molar-refractivity contribution in [2.45, 2.75) is 13.0 Å². The molecule has 0 saturated carbocycles. The highest BCUT2D eigenvalue weighted by atomic mass is 16.5. The predicted molar refractivity (Wildman–Crippen MR) is 118 cm³/mol. The fraction of sp³-hybridized carbons (Fsp3) is 0.120. The fourth-order valence-electron chi connectivity index (χ4n) is 3.32. The lowest BCUT2D eigenvalue weighted by molar-refractivity contribution is -0.307. The Kier molecular flexibility index (Phi) is 6.36. The van der Waals surface area contributed by atoms with Gasteiger partial charge in [0.05, 0.1) is 12.5 Å². The number of nitrogens with zero attached hydrogens (tertiary/aromatic N) is 3. The summed E-state index contributed by atoms with van der Waals surface area (Å²) in [6.07, 6.45) is 0.496. The van der Waals surface area contributed by atoms with Crippen molar-refractivity contribution in [3.8, 4) is 28.3 Å². The van der Waals surface area contributed by atoms with E-state index < -0.39 is 18.3 Å². The van der Waals surface area contributed by atoms with Crippen LogP contribution in [-0.2, 0) is 17.8 Å². The predicted octanol–water partition coefficient (Wildman–Crippen LogP) is 2.34. The number of ether oxygens (including phenoxy) is 1. The molecule has 1 aromatic heterocycles. The van der Waals surface area contributed by atoms with Gasteiger partial charge in [0.15, 0.2) is 0 Å². The van der Waals surface area contributed by atoms with E-state index in [1.54, 1.807) is 18.2 Å². The Morgan fingerprint density at radius 1 is 0.875 bits per heavy atom. The average Bonchev–Trinajstić information content (AvgIpc) is 2.83. The van der Waals surface area contributed by atoms with Crippen LogP contribution in [0.15, 0.2) is 89.7 Å². The Morgan fingerprint density at radius 2 is 1.53 bits per heavy atom. The van der Waals surface area contributed by atoms with Crippen molar-refractivity contribution < 1.29 is 14.6 Å². The van der Waals surface area contributed by atoms with Crippen LogP contribution in [0.1, 0.15) is 5.56 Å². The SMILES string of the molecule is O=C([O-])COc1cccc(CCn2nc(-c3ccccc3)c(-c3ccccc3)nc2=O)c1. The summed E-state index contributed by atoms with van der Waals surface area (Å²) in [5, 5.41) is 15.2. The Morgan fingerprint density at radius 3 is 2.19 bits per heavy atom. The van der Waals surface area contributed by atoms with Gasteiger partial charge in [0.2, 0.25) is 0 Å². The molecule has 4 rings (SSSR count). The minimum absolute atomic E-state index is 0.310. The van der Waals surface area contributed by atoms with Crippen LogP contribution in [0.4, 0.5) is 0 Å². The van der Waals surface area contributed by atoms with Crippen LogP contribution in [0, 0.1) is 0 Å². The van der Waals surface area contributed by atoms with Gasteiger partial charge in [-0.25, -0.2) is 9.48 Å². The maximum absolute atomic E-state index is 12.8. The van der Waals surface area contributed by atoms with Crippen LogP contribution in [0.5, 0.6) is 5.75 Å². The van der Waals surface area contributed by atoms with Gasteiger partial charge in [-0.3, -0.25) is 0 Å². The second kappa shape index (κ2) is 9.70. The zero-order chi connectivity index (χ0) is 22.3. The van der Waals surface area contributed by atoms with Crippen LogP contribution in [0.25, 0.3) is 22.5 Å². The number of rotatable bonds is 8. The van der Waals surface area contributed by atoms with E-state index in [9.17, 15) is 14.7 Å². The normalized spacial score (nSPS) is 10.6. The van der Waals surface area contributed by atoms with Gasteiger partial charge in [-0.1, -0.05) is 72.8 Å². The molecule has 3 aromatic carbocycles. The van der Waals surface area contributed by atoms with Crippen molar-refractivity contribution in [1.29, 1.82) is 0 Å². The summed E-state index contributed by atoms with van der Waals surface area (Å²) in [5.41, 5.74) is 3.29. The van der Waals surface area contributed by atoms with Crippen LogP contribution in [0.3, 0.4) is 0 Å². The summed E-state index contributed by atoms with van der Waals surface area (Å²) in [5.74, 6) is -0.862. The molecule has 1 heterocycles. The van der Waals surface area contributed by atoms with Crippen molar-refractivity contribution >= 4 is 5.97 Å². The zero-order valence-corrected chi connectivity index (χ0v) is 17.2. The molecular weight excluding hydrogens is 406 g/mol. The van der Waals surface area contributed by atoms with Gasteiger partial charge in [-0.15, -0.1) is 0 Å². The van der Waals surface area contributed by atoms with Crippen molar-refractivity contribution in [2.75, 3.05) is 6.61 Å². The molecule has 0 radical (unpaired) electrons. The van der Waals surface area contributed by atoms with Crippen molar-refractivity contribution in [1.82, 2.24) is 14.8 Å². The molecule has 4 aromatic rings. The van der Waals surface area contributed by atoms with Crippen LogP contribution in [-0.4, -0.2) is 27.3 Å². The summed E-state index contributed by atoms with van der Waals surface area (Å²) < 4.78 is 6.52. The van der Waals surface area contributed by atoms with Gasteiger partial charge in [0.1, 0.15) is 23.7 Å². The van der Waals surface area contributed by atoms with E-state index in [1.807, 2.05) is 66.7 Å². The third-order valence-electron chi connectivity index (χ3n) is 4.84. The molecule has 0 aliphatic heterocycles. The Bertz CT molecular complexity index is 1270. The highest BCUT2D eigenvalue weighted by Crippen LogP contribution is 2.27. The molecular formula is C25H20N3O4-.